The summed E-state index contributed by atoms with van der Waals surface area (Å²) in [5, 5.41) is 0. The minimum absolute atomic E-state index is 0.285. The number of benzene rings is 1. The van der Waals surface area contributed by atoms with E-state index in [4.69, 9.17) is 9.47 Å². The number of carbonyl (C=O) groups is 3. The summed E-state index contributed by atoms with van der Waals surface area (Å²) in [5.74, 6) is 1.12. The first-order chi connectivity index (χ1) is 11.6. The number of esters is 1. The van der Waals surface area contributed by atoms with Gasteiger partial charge in [-0.05, 0) is 6.07 Å². The molecule has 24 heavy (non-hydrogen) atoms. The summed E-state index contributed by atoms with van der Waals surface area (Å²) >= 11 is 3.69. The molecule has 2 rings (SSSR count). The molecule has 9 heteroatoms. The highest BCUT2D eigenvalue weighted by Gasteiger charge is 2.22. The van der Waals surface area contributed by atoms with Gasteiger partial charge in [0.1, 0.15) is 5.75 Å². The maximum atomic E-state index is 11.7. The highest BCUT2D eigenvalue weighted by molar-refractivity contribution is 8.19. The van der Waals surface area contributed by atoms with Gasteiger partial charge in [0.2, 0.25) is 5.91 Å². The van der Waals surface area contributed by atoms with Gasteiger partial charge in [0, 0.05) is 24.0 Å². The zero-order valence-electron chi connectivity index (χ0n) is 13.1. The molecule has 1 aliphatic rings. The van der Waals surface area contributed by atoms with E-state index in [1.807, 2.05) is 47.8 Å². The van der Waals surface area contributed by atoms with Gasteiger partial charge in [0.25, 0.3) is 5.91 Å². The molecule has 0 spiro atoms. The van der Waals surface area contributed by atoms with E-state index in [0.717, 1.165) is 17.1 Å². The lowest BCUT2D eigenvalue weighted by Gasteiger charge is -2.14. The molecule has 1 aromatic carbocycles. The van der Waals surface area contributed by atoms with Gasteiger partial charge in [-0.15, -0.1) is 23.5 Å². The average Bonchev–Trinajstić information content (AvgIpc) is 3.11. The molecule has 1 fully saturated rings. The van der Waals surface area contributed by atoms with Crippen LogP contribution in [0.2, 0.25) is 0 Å². The Kier molecular flexibility index (Phi) is 7.26. The quantitative estimate of drug-likeness (QED) is 0.575. The second-order valence-electron chi connectivity index (χ2n) is 4.79. The van der Waals surface area contributed by atoms with Gasteiger partial charge in [-0.25, -0.2) is 4.79 Å². The van der Waals surface area contributed by atoms with Crippen LogP contribution < -0.4 is 15.6 Å². The van der Waals surface area contributed by atoms with Gasteiger partial charge in [-0.1, -0.05) is 18.2 Å². The number of ether oxygens (including phenoxy) is 2. The molecular formula is C15H18N2O5S2. The first kappa shape index (κ1) is 18.5. The number of para-hydroxylation sites is 1. The maximum Gasteiger partial charge on any atom is 0.344 e. The molecule has 0 atom stereocenters. The fourth-order valence-electron chi connectivity index (χ4n) is 1.86. The lowest BCUT2D eigenvalue weighted by Crippen LogP contribution is -2.42. The van der Waals surface area contributed by atoms with E-state index in [9.17, 15) is 14.4 Å². The van der Waals surface area contributed by atoms with Crippen LogP contribution in [0.5, 0.6) is 5.75 Å². The molecule has 0 aromatic heterocycles. The molecule has 2 amide bonds. The van der Waals surface area contributed by atoms with Crippen LogP contribution in [0.4, 0.5) is 0 Å². The summed E-state index contributed by atoms with van der Waals surface area (Å²) in [4.78, 5) is 33.6. The topological polar surface area (TPSA) is 93.7 Å². The van der Waals surface area contributed by atoms with Crippen LogP contribution in [0.15, 0.2) is 24.3 Å². The molecule has 0 unspecified atom stereocenters. The fraction of sp³-hybridized carbons (Fsp3) is 0.400. The fourth-order valence-corrected chi connectivity index (χ4v) is 4.77. The van der Waals surface area contributed by atoms with Crippen LogP contribution in [0.25, 0.3) is 0 Å². The van der Waals surface area contributed by atoms with Crippen molar-refractivity contribution in [1.82, 2.24) is 10.9 Å². The van der Waals surface area contributed by atoms with E-state index in [2.05, 4.69) is 10.9 Å². The molecule has 7 nitrogen and oxygen atoms in total. The first-order valence-electron chi connectivity index (χ1n) is 7.22. The van der Waals surface area contributed by atoms with Crippen LogP contribution in [0, 0.1) is 0 Å². The molecule has 0 radical (unpaired) electrons. The number of rotatable bonds is 6. The van der Waals surface area contributed by atoms with Crippen LogP contribution in [0.3, 0.4) is 0 Å². The van der Waals surface area contributed by atoms with Gasteiger partial charge in [-0.3, -0.25) is 20.4 Å². The van der Waals surface area contributed by atoms with Crippen molar-refractivity contribution in [3.05, 3.63) is 29.8 Å². The Labute approximate surface area is 148 Å². The van der Waals surface area contributed by atoms with Gasteiger partial charge < -0.3 is 9.47 Å². The SMILES string of the molecule is CC(=O)NNC(=O)COC(=O)COc1ccccc1C1SCCS1. The predicted octanol–water partition coefficient (Wildman–Crippen LogP) is 1.25. The van der Waals surface area contributed by atoms with Crippen molar-refractivity contribution >= 4 is 41.3 Å². The van der Waals surface area contributed by atoms with Crippen molar-refractivity contribution in [1.29, 1.82) is 0 Å². The van der Waals surface area contributed by atoms with E-state index in [1.54, 1.807) is 0 Å². The largest absolute Gasteiger partial charge is 0.482 e. The van der Waals surface area contributed by atoms with E-state index < -0.39 is 24.4 Å². The standard InChI is InChI=1S/C15H18N2O5S2/c1-10(18)16-17-13(19)8-22-14(20)9-21-12-5-3-2-4-11(12)15-23-6-7-24-15/h2-5,15H,6-9H2,1H3,(H,16,18)(H,17,19). The summed E-state index contributed by atoms with van der Waals surface area (Å²) in [6, 6.07) is 7.57. The number of thioether (sulfide) groups is 2. The smallest absolute Gasteiger partial charge is 0.344 e. The Morgan fingerprint density at radius 3 is 2.54 bits per heavy atom. The van der Waals surface area contributed by atoms with Gasteiger partial charge in [-0.2, -0.15) is 0 Å². The van der Waals surface area contributed by atoms with Crippen molar-refractivity contribution < 1.29 is 23.9 Å². The highest BCUT2D eigenvalue weighted by atomic mass is 32.2. The molecule has 0 saturated carbocycles. The third kappa shape index (κ3) is 5.97. The van der Waals surface area contributed by atoms with E-state index in [0.29, 0.717) is 10.3 Å². The second kappa shape index (κ2) is 9.43. The van der Waals surface area contributed by atoms with Gasteiger partial charge >= 0.3 is 5.97 Å². The molecular weight excluding hydrogens is 352 g/mol. The number of amides is 2. The Morgan fingerprint density at radius 2 is 1.83 bits per heavy atom. The van der Waals surface area contributed by atoms with E-state index >= 15 is 0 Å². The van der Waals surface area contributed by atoms with Crippen LogP contribution in [-0.2, 0) is 19.1 Å². The van der Waals surface area contributed by atoms with Crippen molar-refractivity contribution in [2.75, 3.05) is 24.7 Å². The monoisotopic (exact) mass is 370 g/mol. The zero-order valence-corrected chi connectivity index (χ0v) is 14.7. The van der Waals surface area contributed by atoms with E-state index in [1.165, 1.54) is 6.92 Å². The lowest BCUT2D eigenvalue weighted by molar-refractivity contribution is -0.150. The molecule has 2 N–H and O–H groups in total. The third-order valence-corrected chi connectivity index (χ3v) is 5.95. The molecule has 130 valence electrons. The minimum atomic E-state index is -0.658. The van der Waals surface area contributed by atoms with Crippen LogP contribution in [-0.4, -0.2) is 42.5 Å². The summed E-state index contributed by atoms with van der Waals surface area (Å²) < 4.78 is 10.6. The number of carbonyl (C=O) groups excluding carboxylic acids is 3. The molecule has 0 aliphatic carbocycles. The Morgan fingerprint density at radius 1 is 1.12 bits per heavy atom. The minimum Gasteiger partial charge on any atom is -0.482 e. The number of hydrogen-bond donors (Lipinski definition) is 2. The Hall–Kier alpha value is -1.87. The third-order valence-electron chi connectivity index (χ3n) is 2.88. The van der Waals surface area contributed by atoms with Crippen LogP contribution >= 0.6 is 23.5 Å². The Balaban J connectivity index is 1.77. The predicted molar refractivity (Wildman–Crippen MR) is 92.5 cm³/mol. The van der Waals surface area contributed by atoms with Crippen LogP contribution in [0.1, 0.15) is 17.1 Å². The lowest BCUT2D eigenvalue weighted by atomic mass is 10.2. The summed E-state index contributed by atoms with van der Waals surface area (Å²) in [7, 11) is 0. The van der Waals surface area contributed by atoms with Gasteiger partial charge in [0.15, 0.2) is 13.2 Å². The zero-order chi connectivity index (χ0) is 17.4. The highest BCUT2D eigenvalue weighted by Crippen LogP contribution is 2.48. The molecule has 0 bridgehead atoms. The Bertz CT molecular complexity index is 605. The molecule has 1 aliphatic heterocycles. The summed E-state index contributed by atoms with van der Waals surface area (Å²) in [6.45, 7) is 0.476. The summed E-state index contributed by atoms with van der Waals surface area (Å²) in [6.07, 6.45) is 0. The summed E-state index contributed by atoms with van der Waals surface area (Å²) in [5.41, 5.74) is 5.24. The second-order valence-corrected chi connectivity index (χ2v) is 7.51. The molecule has 1 saturated heterocycles. The van der Waals surface area contributed by atoms with Crippen molar-refractivity contribution in [3.63, 3.8) is 0 Å². The van der Waals surface area contributed by atoms with Crippen molar-refractivity contribution in [3.8, 4) is 5.75 Å². The molecule has 1 aromatic rings. The number of hydrogen-bond acceptors (Lipinski definition) is 7. The number of nitrogens with one attached hydrogen (secondary N) is 2. The normalized spacial score (nSPS) is 14.0. The van der Waals surface area contributed by atoms with Crippen molar-refractivity contribution in [2.24, 2.45) is 0 Å². The first-order valence-corrected chi connectivity index (χ1v) is 9.32. The maximum absolute atomic E-state index is 11.7. The van der Waals surface area contributed by atoms with Gasteiger partial charge in [0.05, 0.1) is 4.58 Å². The molecule has 1 heterocycles. The van der Waals surface area contributed by atoms with E-state index in [-0.39, 0.29) is 6.61 Å². The average molecular weight is 370 g/mol. The van der Waals surface area contributed by atoms with Crippen molar-refractivity contribution in [2.45, 2.75) is 11.5 Å². The number of hydrazine groups is 1.